The first kappa shape index (κ1) is 25.6. The van der Waals surface area contributed by atoms with Crippen LogP contribution in [0.3, 0.4) is 0 Å². The van der Waals surface area contributed by atoms with Gasteiger partial charge in [-0.3, -0.25) is 9.71 Å². The summed E-state index contributed by atoms with van der Waals surface area (Å²) in [7, 11) is -4.74. The standard InChI is InChI=1S/C24H20F4N4O2S2/c1-13(2)12-30-24-31-22(23(35-24)14-7-9-29-10-8-14)20-17(27)5-6-18(21(20)28)32-36(33,34)19-11-15(25)3-4-16(19)26/h3-11,13,32H,12H2,1-2H3,(H,30,31). The third-order valence-electron chi connectivity index (χ3n) is 4.99. The molecule has 2 aromatic heterocycles. The van der Waals surface area contributed by atoms with E-state index in [2.05, 4.69) is 15.3 Å². The Balaban J connectivity index is 1.82. The minimum absolute atomic E-state index is 0.0505. The minimum atomic E-state index is -4.74. The van der Waals surface area contributed by atoms with E-state index < -0.39 is 49.4 Å². The molecular weight excluding hydrogens is 516 g/mol. The van der Waals surface area contributed by atoms with E-state index in [1.54, 1.807) is 12.1 Å². The van der Waals surface area contributed by atoms with Crippen LogP contribution in [-0.4, -0.2) is 24.9 Å². The molecule has 188 valence electrons. The largest absolute Gasteiger partial charge is 0.361 e. The second-order valence-electron chi connectivity index (χ2n) is 8.17. The Hall–Kier alpha value is -3.51. The van der Waals surface area contributed by atoms with E-state index in [0.29, 0.717) is 34.2 Å². The van der Waals surface area contributed by atoms with Gasteiger partial charge in [0.15, 0.2) is 10.9 Å². The van der Waals surface area contributed by atoms with Crippen molar-refractivity contribution < 1.29 is 26.0 Å². The first-order valence-electron chi connectivity index (χ1n) is 10.7. The van der Waals surface area contributed by atoms with Gasteiger partial charge in [-0.15, -0.1) is 0 Å². The van der Waals surface area contributed by atoms with Gasteiger partial charge in [-0.1, -0.05) is 25.2 Å². The monoisotopic (exact) mass is 536 g/mol. The smallest absolute Gasteiger partial charge is 0.265 e. The molecule has 4 rings (SSSR count). The fraction of sp³-hybridized carbons (Fsp3) is 0.167. The Labute approximate surface area is 209 Å². The number of rotatable bonds is 8. The molecule has 2 N–H and O–H groups in total. The molecule has 0 bridgehead atoms. The number of nitrogens with zero attached hydrogens (tertiary/aromatic N) is 2. The summed E-state index contributed by atoms with van der Waals surface area (Å²) in [6, 6.07) is 6.89. The molecule has 0 aliphatic rings. The van der Waals surface area contributed by atoms with Crippen molar-refractivity contribution in [2.24, 2.45) is 5.92 Å². The van der Waals surface area contributed by atoms with Crippen LogP contribution in [0.5, 0.6) is 0 Å². The van der Waals surface area contributed by atoms with Gasteiger partial charge < -0.3 is 5.32 Å². The van der Waals surface area contributed by atoms with E-state index in [1.807, 2.05) is 18.6 Å². The summed E-state index contributed by atoms with van der Waals surface area (Å²) >= 11 is 1.17. The molecule has 0 aliphatic heterocycles. The van der Waals surface area contributed by atoms with Crippen molar-refractivity contribution in [3.63, 3.8) is 0 Å². The maximum atomic E-state index is 15.7. The quantitative estimate of drug-likeness (QED) is 0.258. The maximum absolute atomic E-state index is 15.7. The lowest BCUT2D eigenvalue weighted by Gasteiger charge is -2.13. The number of aromatic nitrogens is 2. The lowest BCUT2D eigenvalue weighted by molar-refractivity contribution is 0.554. The summed E-state index contributed by atoms with van der Waals surface area (Å²) in [5, 5.41) is 3.54. The number of hydrogen-bond acceptors (Lipinski definition) is 6. The zero-order chi connectivity index (χ0) is 26.0. The van der Waals surface area contributed by atoms with Crippen LogP contribution in [0.2, 0.25) is 0 Å². The molecule has 0 saturated carbocycles. The summed E-state index contributed by atoms with van der Waals surface area (Å²) in [4.78, 5) is 7.76. The first-order valence-corrected chi connectivity index (χ1v) is 13.0. The Bertz CT molecular complexity index is 1510. The number of thiazole rings is 1. The normalized spacial score (nSPS) is 11.6. The minimum Gasteiger partial charge on any atom is -0.361 e. The molecule has 2 aromatic carbocycles. The predicted molar refractivity (Wildman–Crippen MR) is 131 cm³/mol. The molecule has 2 heterocycles. The molecule has 0 atom stereocenters. The molecule has 0 amide bonds. The number of hydrogen-bond donors (Lipinski definition) is 2. The maximum Gasteiger partial charge on any atom is 0.265 e. The molecule has 0 saturated heterocycles. The van der Waals surface area contributed by atoms with E-state index >= 15 is 8.78 Å². The lowest BCUT2D eigenvalue weighted by atomic mass is 10.1. The van der Waals surface area contributed by atoms with Crippen LogP contribution in [0.1, 0.15) is 13.8 Å². The summed E-state index contributed by atoms with van der Waals surface area (Å²) in [5.74, 6) is -4.19. The van der Waals surface area contributed by atoms with Gasteiger partial charge >= 0.3 is 0 Å². The van der Waals surface area contributed by atoms with Crippen molar-refractivity contribution in [2.75, 3.05) is 16.6 Å². The van der Waals surface area contributed by atoms with Gasteiger partial charge in [0.2, 0.25) is 0 Å². The fourth-order valence-electron chi connectivity index (χ4n) is 3.29. The third-order valence-corrected chi connectivity index (χ3v) is 7.43. The van der Waals surface area contributed by atoms with Crippen LogP contribution in [0.15, 0.2) is 59.8 Å². The Morgan fingerprint density at radius 2 is 1.67 bits per heavy atom. The zero-order valence-electron chi connectivity index (χ0n) is 19.0. The highest BCUT2D eigenvalue weighted by Gasteiger charge is 2.27. The van der Waals surface area contributed by atoms with Crippen molar-refractivity contribution in [3.8, 4) is 21.7 Å². The van der Waals surface area contributed by atoms with Gasteiger partial charge in [-0.05, 0) is 53.9 Å². The lowest BCUT2D eigenvalue weighted by Crippen LogP contribution is -2.16. The van der Waals surface area contributed by atoms with Crippen molar-refractivity contribution in [3.05, 3.63) is 78.1 Å². The number of nitrogens with one attached hydrogen (secondary N) is 2. The van der Waals surface area contributed by atoms with E-state index in [-0.39, 0.29) is 11.6 Å². The van der Waals surface area contributed by atoms with Crippen molar-refractivity contribution in [1.29, 1.82) is 0 Å². The summed E-state index contributed by atoms with van der Waals surface area (Å²) in [6.45, 7) is 4.54. The van der Waals surface area contributed by atoms with Crippen LogP contribution in [-0.2, 0) is 10.0 Å². The topological polar surface area (TPSA) is 84.0 Å². The van der Waals surface area contributed by atoms with Crippen molar-refractivity contribution in [2.45, 2.75) is 18.7 Å². The Kier molecular flexibility index (Phi) is 7.27. The van der Waals surface area contributed by atoms with E-state index in [4.69, 9.17) is 0 Å². The number of benzene rings is 2. The second-order valence-corrected chi connectivity index (χ2v) is 10.8. The van der Waals surface area contributed by atoms with Crippen LogP contribution in [0.4, 0.5) is 28.4 Å². The molecule has 0 aliphatic carbocycles. The average molecular weight is 537 g/mol. The molecule has 36 heavy (non-hydrogen) atoms. The predicted octanol–water partition coefficient (Wildman–Crippen LogP) is 6.30. The fourth-order valence-corrected chi connectivity index (χ4v) is 5.42. The van der Waals surface area contributed by atoms with Gasteiger partial charge in [-0.2, -0.15) is 0 Å². The Morgan fingerprint density at radius 1 is 0.972 bits per heavy atom. The van der Waals surface area contributed by atoms with Gasteiger partial charge in [0.25, 0.3) is 10.0 Å². The summed E-state index contributed by atoms with van der Waals surface area (Å²) < 4.78 is 85.6. The van der Waals surface area contributed by atoms with Gasteiger partial charge in [-0.25, -0.2) is 31.0 Å². The molecule has 0 unspecified atom stereocenters. The average Bonchev–Trinajstić information content (AvgIpc) is 3.25. The number of pyridine rings is 1. The highest BCUT2D eigenvalue weighted by atomic mass is 32.2. The van der Waals surface area contributed by atoms with Gasteiger partial charge in [0, 0.05) is 18.9 Å². The molecule has 0 radical (unpaired) electrons. The molecule has 12 heteroatoms. The SMILES string of the molecule is CC(C)CNc1nc(-c2c(F)ccc(NS(=O)(=O)c3cc(F)ccc3F)c2F)c(-c2ccncc2)s1. The molecular formula is C24H20F4N4O2S2. The number of halogens is 4. The Morgan fingerprint density at radius 3 is 2.36 bits per heavy atom. The van der Waals surface area contributed by atoms with Crippen LogP contribution < -0.4 is 10.0 Å². The van der Waals surface area contributed by atoms with Crippen LogP contribution in [0, 0.1) is 29.2 Å². The molecule has 4 aromatic rings. The first-order chi connectivity index (χ1) is 17.1. The number of sulfonamides is 1. The van der Waals surface area contributed by atoms with Crippen LogP contribution >= 0.6 is 11.3 Å². The summed E-state index contributed by atoms with van der Waals surface area (Å²) in [5.41, 5.74) is -0.678. The van der Waals surface area contributed by atoms with Crippen molar-refractivity contribution in [1.82, 2.24) is 9.97 Å². The van der Waals surface area contributed by atoms with Gasteiger partial charge in [0.1, 0.15) is 22.3 Å². The second kappa shape index (κ2) is 10.2. The highest BCUT2D eigenvalue weighted by molar-refractivity contribution is 7.92. The van der Waals surface area contributed by atoms with Crippen molar-refractivity contribution >= 4 is 32.2 Å². The van der Waals surface area contributed by atoms with E-state index in [1.165, 1.54) is 23.7 Å². The van der Waals surface area contributed by atoms with Crippen LogP contribution in [0.25, 0.3) is 21.7 Å². The highest BCUT2D eigenvalue weighted by Crippen LogP contribution is 2.42. The number of anilines is 2. The summed E-state index contributed by atoms with van der Waals surface area (Å²) in [6.07, 6.45) is 3.04. The van der Waals surface area contributed by atoms with Gasteiger partial charge in [0.05, 0.1) is 21.8 Å². The molecule has 0 fully saturated rings. The zero-order valence-corrected chi connectivity index (χ0v) is 20.7. The molecule has 6 nitrogen and oxygen atoms in total. The van der Waals surface area contributed by atoms with E-state index in [9.17, 15) is 17.2 Å². The third kappa shape index (κ3) is 5.34. The van der Waals surface area contributed by atoms with E-state index in [0.717, 1.165) is 18.2 Å². The molecule has 0 spiro atoms.